The Morgan fingerprint density at radius 3 is 2.91 bits per heavy atom. The second-order valence-corrected chi connectivity index (χ2v) is 5.72. The van der Waals surface area contributed by atoms with Crippen LogP contribution in [0.1, 0.15) is 12.5 Å². The number of amides is 1. The van der Waals surface area contributed by atoms with Gasteiger partial charge >= 0.3 is 0 Å². The number of carbonyl (C=O) groups is 1. The normalized spacial score (nSPS) is 16.5. The minimum absolute atomic E-state index is 0.0946. The molecule has 5 heteroatoms. The van der Waals surface area contributed by atoms with Crippen molar-refractivity contribution in [3.8, 4) is 5.75 Å². The van der Waals surface area contributed by atoms with Crippen LogP contribution in [-0.4, -0.2) is 18.6 Å². The molecule has 3 rings (SSSR count). The van der Waals surface area contributed by atoms with E-state index in [1.165, 1.54) is 12.1 Å². The molecule has 2 aromatic rings. The van der Waals surface area contributed by atoms with Crippen molar-refractivity contribution >= 4 is 23.2 Å². The lowest BCUT2D eigenvalue weighted by Crippen LogP contribution is -2.39. The maximum Gasteiger partial charge on any atom is 0.265 e. The first-order valence-electron chi connectivity index (χ1n) is 7.04. The van der Waals surface area contributed by atoms with E-state index in [9.17, 15) is 9.18 Å². The summed E-state index contributed by atoms with van der Waals surface area (Å²) in [7, 11) is 0. The summed E-state index contributed by atoms with van der Waals surface area (Å²) in [6, 6.07) is 11.8. The van der Waals surface area contributed by atoms with E-state index in [4.69, 9.17) is 16.3 Å². The van der Waals surface area contributed by atoms with Gasteiger partial charge in [-0.05, 0) is 43.2 Å². The van der Waals surface area contributed by atoms with E-state index in [-0.39, 0.29) is 23.6 Å². The molecule has 1 heterocycles. The van der Waals surface area contributed by atoms with E-state index in [1.54, 1.807) is 4.90 Å². The van der Waals surface area contributed by atoms with Crippen LogP contribution in [-0.2, 0) is 11.2 Å². The van der Waals surface area contributed by atoms with Gasteiger partial charge in [0, 0.05) is 11.7 Å². The zero-order valence-electron chi connectivity index (χ0n) is 12.1. The molecule has 0 N–H and O–H groups in total. The number of nitrogens with zero attached hydrogens (tertiary/aromatic N) is 1. The third-order valence-corrected chi connectivity index (χ3v) is 4.02. The molecule has 1 amide bonds. The summed E-state index contributed by atoms with van der Waals surface area (Å²) in [5, 5.41) is 0.155. The number of anilines is 1. The minimum Gasteiger partial charge on any atom is -0.482 e. The van der Waals surface area contributed by atoms with Gasteiger partial charge in [-0.3, -0.25) is 4.79 Å². The van der Waals surface area contributed by atoms with Gasteiger partial charge < -0.3 is 9.64 Å². The average molecular weight is 320 g/mol. The molecule has 22 heavy (non-hydrogen) atoms. The standard InChI is InChI=1S/C17H15ClFNO2/c1-11-8-12-4-2-3-5-15(12)20(11)17(21)10-22-16-7-6-13(19)9-14(16)18/h2-7,9,11H,8,10H2,1H3/t11-/m0/s1. The Labute approximate surface area is 133 Å². The van der Waals surface area contributed by atoms with E-state index in [0.717, 1.165) is 23.7 Å². The summed E-state index contributed by atoms with van der Waals surface area (Å²) in [5.74, 6) is -0.278. The topological polar surface area (TPSA) is 29.5 Å². The van der Waals surface area contributed by atoms with Crippen LogP contribution in [0.5, 0.6) is 5.75 Å². The fourth-order valence-electron chi connectivity index (χ4n) is 2.75. The molecule has 1 aliphatic rings. The van der Waals surface area contributed by atoms with Crippen molar-refractivity contribution in [2.75, 3.05) is 11.5 Å². The first-order chi connectivity index (χ1) is 10.6. The van der Waals surface area contributed by atoms with E-state index in [1.807, 2.05) is 31.2 Å². The van der Waals surface area contributed by atoms with Gasteiger partial charge in [0.05, 0.1) is 5.02 Å². The zero-order chi connectivity index (χ0) is 15.7. The Hall–Kier alpha value is -2.07. The smallest absolute Gasteiger partial charge is 0.265 e. The Bertz CT molecular complexity index is 720. The summed E-state index contributed by atoms with van der Waals surface area (Å²) >= 11 is 5.89. The Morgan fingerprint density at radius 2 is 2.14 bits per heavy atom. The summed E-state index contributed by atoms with van der Waals surface area (Å²) in [4.78, 5) is 14.2. The third-order valence-electron chi connectivity index (χ3n) is 3.72. The number of halogens is 2. The lowest BCUT2D eigenvalue weighted by Gasteiger charge is -2.22. The van der Waals surface area contributed by atoms with Crippen LogP contribution in [0.15, 0.2) is 42.5 Å². The molecule has 0 bridgehead atoms. The van der Waals surface area contributed by atoms with E-state index in [2.05, 4.69) is 0 Å². The van der Waals surface area contributed by atoms with Crippen molar-refractivity contribution in [3.63, 3.8) is 0 Å². The average Bonchev–Trinajstić information content (AvgIpc) is 2.82. The van der Waals surface area contributed by atoms with Gasteiger partial charge in [-0.15, -0.1) is 0 Å². The summed E-state index contributed by atoms with van der Waals surface area (Å²) in [6.45, 7) is 1.87. The number of fused-ring (bicyclic) bond motifs is 1. The third kappa shape index (κ3) is 2.79. The molecule has 0 aromatic heterocycles. The van der Waals surface area contributed by atoms with E-state index in [0.29, 0.717) is 5.75 Å². The van der Waals surface area contributed by atoms with Gasteiger partial charge in [0.2, 0.25) is 0 Å². The van der Waals surface area contributed by atoms with Crippen molar-refractivity contribution in [1.82, 2.24) is 0 Å². The molecule has 0 unspecified atom stereocenters. The molecule has 114 valence electrons. The number of hydrogen-bond donors (Lipinski definition) is 0. The van der Waals surface area contributed by atoms with Gasteiger partial charge in [-0.25, -0.2) is 4.39 Å². The highest BCUT2D eigenvalue weighted by Crippen LogP contribution is 2.32. The van der Waals surface area contributed by atoms with Crippen molar-refractivity contribution in [2.45, 2.75) is 19.4 Å². The van der Waals surface area contributed by atoms with Crippen molar-refractivity contribution in [3.05, 3.63) is 58.9 Å². The van der Waals surface area contributed by atoms with Crippen LogP contribution >= 0.6 is 11.6 Å². The predicted octanol–water partition coefficient (Wildman–Crippen LogP) is 3.84. The number of benzene rings is 2. The van der Waals surface area contributed by atoms with Crippen LogP contribution < -0.4 is 9.64 Å². The minimum atomic E-state index is -0.439. The molecule has 1 aliphatic heterocycles. The molecule has 0 spiro atoms. The molecular weight excluding hydrogens is 305 g/mol. The number of carbonyl (C=O) groups excluding carboxylic acids is 1. The second kappa shape index (κ2) is 5.97. The van der Waals surface area contributed by atoms with Gasteiger partial charge in [-0.2, -0.15) is 0 Å². The number of para-hydroxylation sites is 1. The number of ether oxygens (including phenoxy) is 1. The van der Waals surface area contributed by atoms with Crippen LogP contribution in [0.2, 0.25) is 5.02 Å². The lowest BCUT2D eigenvalue weighted by molar-refractivity contribution is -0.120. The maximum atomic E-state index is 13.0. The van der Waals surface area contributed by atoms with Gasteiger partial charge in [0.15, 0.2) is 6.61 Å². The highest BCUT2D eigenvalue weighted by Gasteiger charge is 2.30. The van der Waals surface area contributed by atoms with Crippen molar-refractivity contribution in [2.24, 2.45) is 0 Å². The largest absolute Gasteiger partial charge is 0.482 e. The Kier molecular flexibility index (Phi) is 4.03. The van der Waals surface area contributed by atoms with Gasteiger partial charge in [-0.1, -0.05) is 29.8 Å². The fourth-order valence-corrected chi connectivity index (χ4v) is 2.97. The fraction of sp³-hybridized carbons (Fsp3) is 0.235. The molecule has 0 fully saturated rings. The molecule has 2 aromatic carbocycles. The van der Waals surface area contributed by atoms with Crippen molar-refractivity contribution in [1.29, 1.82) is 0 Å². The zero-order valence-corrected chi connectivity index (χ0v) is 12.8. The second-order valence-electron chi connectivity index (χ2n) is 5.31. The molecule has 0 aliphatic carbocycles. The predicted molar refractivity (Wildman–Crippen MR) is 84.0 cm³/mol. The molecule has 0 saturated carbocycles. The van der Waals surface area contributed by atoms with Gasteiger partial charge in [0.1, 0.15) is 11.6 Å². The van der Waals surface area contributed by atoms with E-state index < -0.39 is 5.82 Å². The number of rotatable bonds is 3. The highest BCUT2D eigenvalue weighted by atomic mass is 35.5. The molecular formula is C17H15ClFNO2. The first-order valence-corrected chi connectivity index (χ1v) is 7.42. The Balaban J connectivity index is 1.72. The summed E-state index contributed by atoms with van der Waals surface area (Å²) < 4.78 is 18.4. The van der Waals surface area contributed by atoms with Crippen molar-refractivity contribution < 1.29 is 13.9 Å². The molecule has 3 nitrogen and oxygen atoms in total. The quantitative estimate of drug-likeness (QED) is 0.860. The number of hydrogen-bond acceptors (Lipinski definition) is 2. The van der Waals surface area contributed by atoms with Crippen LogP contribution in [0, 0.1) is 5.82 Å². The van der Waals surface area contributed by atoms with Crippen LogP contribution in [0.3, 0.4) is 0 Å². The summed E-state index contributed by atoms with van der Waals surface area (Å²) in [5.41, 5.74) is 2.08. The van der Waals surface area contributed by atoms with Crippen LogP contribution in [0.25, 0.3) is 0 Å². The molecule has 1 atom stereocenters. The monoisotopic (exact) mass is 319 g/mol. The van der Waals surface area contributed by atoms with E-state index >= 15 is 0 Å². The SMILES string of the molecule is C[C@H]1Cc2ccccc2N1C(=O)COc1ccc(F)cc1Cl. The lowest BCUT2D eigenvalue weighted by atomic mass is 10.1. The highest BCUT2D eigenvalue weighted by molar-refractivity contribution is 6.32. The molecule has 0 saturated heterocycles. The summed E-state index contributed by atoms with van der Waals surface area (Å²) in [6.07, 6.45) is 0.833. The maximum absolute atomic E-state index is 13.0. The van der Waals surface area contributed by atoms with Gasteiger partial charge in [0.25, 0.3) is 5.91 Å². The molecule has 0 radical (unpaired) electrons. The Morgan fingerprint density at radius 1 is 1.36 bits per heavy atom. The first kappa shape index (κ1) is 14.9. The van der Waals surface area contributed by atoms with Crippen LogP contribution in [0.4, 0.5) is 10.1 Å².